The first-order valence-electron chi connectivity index (χ1n) is 6.41. The van der Waals surface area contributed by atoms with Crippen LogP contribution in [0.4, 0.5) is 5.69 Å². The molecule has 5 heteroatoms. The minimum absolute atomic E-state index is 0.178. The number of carbonyl (C=O) groups is 2. The van der Waals surface area contributed by atoms with Gasteiger partial charge in [0.25, 0.3) is 0 Å². The van der Waals surface area contributed by atoms with Gasteiger partial charge in [-0.1, -0.05) is 0 Å². The summed E-state index contributed by atoms with van der Waals surface area (Å²) in [6.07, 6.45) is 1.41. The van der Waals surface area contributed by atoms with Crippen molar-refractivity contribution in [2.24, 2.45) is 5.73 Å². The third-order valence-corrected chi connectivity index (χ3v) is 3.33. The van der Waals surface area contributed by atoms with E-state index in [2.05, 4.69) is 4.98 Å². The average Bonchev–Trinajstić information content (AvgIpc) is 2.40. The van der Waals surface area contributed by atoms with Gasteiger partial charge in [0.1, 0.15) is 6.29 Å². The molecule has 0 aliphatic carbocycles. The summed E-state index contributed by atoms with van der Waals surface area (Å²) in [5.74, 6) is -0.784. The van der Waals surface area contributed by atoms with Crippen LogP contribution in [0.25, 0.3) is 10.9 Å². The van der Waals surface area contributed by atoms with E-state index in [1.807, 2.05) is 25.1 Å². The van der Waals surface area contributed by atoms with Crippen molar-refractivity contribution in [1.29, 1.82) is 0 Å². The second kappa shape index (κ2) is 5.69. The lowest BCUT2D eigenvalue weighted by Crippen LogP contribution is -2.13. The molecule has 1 aromatic heterocycles. The zero-order valence-corrected chi connectivity index (χ0v) is 11.3. The number of aryl methyl sites for hydroxylation is 1. The summed E-state index contributed by atoms with van der Waals surface area (Å²) in [5.41, 5.74) is 14.0. The summed E-state index contributed by atoms with van der Waals surface area (Å²) in [7, 11) is 0. The molecule has 1 heterocycles. The maximum atomic E-state index is 11.3. The summed E-state index contributed by atoms with van der Waals surface area (Å²) < 4.78 is 0. The number of carbonyl (C=O) groups excluding carboxylic acids is 2. The van der Waals surface area contributed by atoms with E-state index in [0.29, 0.717) is 12.1 Å². The lowest BCUT2D eigenvalue weighted by atomic mass is 9.93. The van der Waals surface area contributed by atoms with E-state index in [0.717, 1.165) is 28.4 Å². The highest BCUT2D eigenvalue weighted by molar-refractivity contribution is 5.84. The number of benzene rings is 1. The third-order valence-electron chi connectivity index (χ3n) is 3.33. The number of amides is 1. The number of primary amides is 1. The molecule has 0 saturated carbocycles. The fraction of sp³-hybridized carbons (Fsp3) is 0.267. The Morgan fingerprint density at radius 2 is 2.15 bits per heavy atom. The van der Waals surface area contributed by atoms with Gasteiger partial charge in [-0.15, -0.1) is 0 Å². The van der Waals surface area contributed by atoms with Gasteiger partial charge in [-0.05, 0) is 43.2 Å². The fourth-order valence-electron chi connectivity index (χ4n) is 2.28. The average molecular weight is 271 g/mol. The first-order chi connectivity index (χ1) is 9.51. The van der Waals surface area contributed by atoms with Crippen LogP contribution in [-0.4, -0.2) is 17.2 Å². The quantitative estimate of drug-likeness (QED) is 0.638. The molecule has 0 aliphatic rings. The van der Waals surface area contributed by atoms with E-state index in [1.54, 1.807) is 6.07 Å². The van der Waals surface area contributed by atoms with Crippen LogP contribution in [0.1, 0.15) is 30.0 Å². The molecule has 5 nitrogen and oxygen atoms in total. The van der Waals surface area contributed by atoms with Crippen LogP contribution in [0, 0.1) is 6.92 Å². The smallest absolute Gasteiger partial charge is 0.217 e. The summed E-state index contributed by atoms with van der Waals surface area (Å²) >= 11 is 0. The first kappa shape index (κ1) is 14.0. The highest BCUT2D eigenvalue weighted by Gasteiger charge is 2.16. The molecule has 0 saturated heterocycles. The Kier molecular flexibility index (Phi) is 3.98. The summed E-state index contributed by atoms with van der Waals surface area (Å²) in [6, 6.07) is 7.37. The lowest BCUT2D eigenvalue weighted by molar-refractivity contribution is -0.118. The second-order valence-electron chi connectivity index (χ2n) is 4.86. The Hall–Kier alpha value is -2.43. The predicted octanol–water partition coefficient (Wildman–Crippen LogP) is 1.67. The zero-order valence-electron chi connectivity index (χ0n) is 11.3. The van der Waals surface area contributed by atoms with Crippen molar-refractivity contribution in [2.75, 3.05) is 5.73 Å². The van der Waals surface area contributed by atoms with Gasteiger partial charge in [-0.25, -0.2) is 0 Å². The fourth-order valence-corrected chi connectivity index (χ4v) is 2.28. The monoisotopic (exact) mass is 271 g/mol. The molecule has 1 unspecified atom stereocenters. The zero-order chi connectivity index (χ0) is 14.7. The van der Waals surface area contributed by atoms with Gasteiger partial charge >= 0.3 is 0 Å². The highest BCUT2D eigenvalue weighted by Crippen LogP contribution is 2.26. The Morgan fingerprint density at radius 3 is 2.80 bits per heavy atom. The molecule has 4 N–H and O–H groups in total. The predicted molar refractivity (Wildman–Crippen MR) is 78.1 cm³/mol. The van der Waals surface area contributed by atoms with Gasteiger partial charge in [-0.3, -0.25) is 9.78 Å². The van der Waals surface area contributed by atoms with Crippen LogP contribution in [0.15, 0.2) is 24.3 Å². The van der Waals surface area contributed by atoms with E-state index in [9.17, 15) is 9.59 Å². The number of rotatable bonds is 5. The molecule has 0 fully saturated rings. The molecule has 0 radical (unpaired) electrons. The molecule has 1 aromatic carbocycles. The van der Waals surface area contributed by atoms with Gasteiger partial charge in [0.05, 0.1) is 5.52 Å². The number of nitrogens with zero attached hydrogens (tertiary/aromatic N) is 1. The van der Waals surface area contributed by atoms with E-state index < -0.39 is 5.91 Å². The number of pyridine rings is 1. The van der Waals surface area contributed by atoms with Crippen molar-refractivity contribution in [2.45, 2.75) is 25.7 Å². The Bertz CT molecular complexity index is 667. The molecule has 2 aromatic rings. The van der Waals surface area contributed by atoms with Crippen LogP contribution in [-0.2, 0) is 9.59 Å². The maximum Gasteiger partial charge on any atom is 0.217 e. The second-order valence-corrected chi connectivity index (χ2v) is 4.86. The van der Waals surface area contributed by atoms with Gasteiger partial charge < -0.3 is 16.3 Å². The third kappa shape index (κ3) is 2.93. The minimum atomic E-state index is -0.410. The van der Waals surface area contributed by atoms with Crippen LogP contribution >= 0.6 is 0 Å². The number of hydrogen-bond acceptors (Lipinski definition) is 4. The van der Waals surface area contributed by atoms with Crippen molar-refractivity contribution in [1.82, 2.24) is 4.98 Å². The molecule has 20 heavy (non-hydrogen) atoms. The first-order valence-corrected chi connectivity index (χ1v) is 6.41. The minimum Gasteiger partial charge on any atom is -0.399 e. The Labute approximate surface area is 117 Å². The summed E-state index contributed by atoms with van der Waals surface area (Å²) in [5, 5.41) is 0.886. The number of anilines is 1. The topological polar surface area (TPSA) is 99.1 Å². The van der Waals surface area contributed by atoms with Crippen LogP contribution in [0.5, 0.6) is 0 Å². The van der Waals surface area contributed by atoms with E-state index in [1.165, 1.54) is 0 Å². The molecule has 104 valence electrons. The molecule has 1 atom stereocenters. The van der Waals surface area contributed by atoms with E-state index in [4.69, 9.17) is 11.5 Å². The number of nitrogens with two attached hydrogens (primary N) is 2. The highest BCUT2D eigenvalue weighted by atomic mass is 16.1. The maximum absolute atomic E-state index is 11.3. The van der Waals surface area contributed by atoms with Gasteiger partial charge in [0.2, 0.25) is 5.91 Å². The molecular weight excluding hydrogens is 254 g/mol. The van der Waals surface area contributed by atoms with Crippen molar-refractivity contribution >= 4 is 28.8 Å². The number of aromatic nitrogens is 1. The molecule has 0 spiro atoms. The number of nitrogen functional groups attached to an aromatic ring is 1. The molecular formula is C15H17N3O2. The van der Waals surface area contributed by atoms with Gasteiger partial charge in [0.15, 0.2) is 0 Å². The number of aldehydes is 1. The van der Waals surface area contributed by atoms with Crippen molar-refractivity contribution in [3.05, 3.63) is 35.5 Å². The standard InChI is InChI=1S/C15H17N3O2/c1-9-13(10(8-19)2-5-15(17)20)7-11-6-12(16)3-4-14(11)18-9/h3-4,6-8,10H,2,5,16H2,1H3,(H2,17,20). The summed E-state index contributed by atoms with van der Waals surface area (Å²) in [6.45, 7) is 1.85. The van der Waals surface area contributed by atoms with E-state index >= 15 is 0 Å². The Balaban J connectivity index is 2.43. The Morgan fingerprint density at radius 1 is 1.40 bits per heavy atom. The van der Waals surface area contributed by atoms with Crippen molar-refractivity contribution in [3.8, 4) is 0 Å². The van der Waals surface area contributed by atoms with Gasteiger partial charge in [0, 0.05) is 29.1 Å². The molecule has 2 rings (SSSR count). The lowest BCUT2D eigenvalue weighted by Gasteiger charge is -2.13. The molecule has 1 amide bonds. The van der Waals surface area contributed by atoms with E-state index in [-0.39, 0.29) is 12.3 Å². The summed E-state index contributed by atoms with van der Waals surface area (Å²) in [4.78, 5) is 26.6. The van der Waals surface area contributed by atoms with Gasteiger partial charge in [-0.2, -0.15) is 0 Å². The van der Waals surface area contributed by atoms with Crippen LogP contribution in [0.2, 0.25) is 0 Å². The van der Waals surface area contributed by atoms with Crippen LogP contribution < -0.4 is 11.5 Å². The number of fused-ring (bicyclic) bond motifs is 1. The molecule has 0 bridgehead atoms. The van der Waals surface area contributed by atoms with Crippen LogP contribution in [0.3, 0.4) is 0 Å². The van der Waals surface area contributed by atoms with Crippen molar-refractivity contribution < 1.29 is 9.59 Å². The SMILES string of the molecule is Cc1nc2ccc(N)cc2cc1C(C=O)CCC(N)=O. The normalized spacial score (nSPS) is 12.2. The molecule has 0 aliphatic heterocycles. The van der Waals surface area contributed by atoms with Crippen molar-refractivity contribution in [3.63, 3.8) is 0 Å². The number of hydrogen-bond donors (Lipinski definition) is 2. The largest absolute Gasteiger partial charge is 0.399 e.